The molecular weight excluding hydrogens is 358 g/mol. The summed E-state index contributed by atoms with van der Waals surface area (Å²) in [6.07, 6.45) is 2.23. The molecule has 148 valence electrons. The maximum absolute atomic E-state index is 12.5. The highest BCUT2D eigenvalue weighted by Crippen LogP contribution is 2.29. The van der Waals surface area contributed by atoms with E-state index in [9.17, 15) is 4.79 Å². The number of hydrogen-bond donors (Lipinski definition) is 2. The summed E-state index contributed by atoms with van der Waals surface area (Å²) in [4.78, 5) is 12.5. The number of benzene rings is 1. The summed E-state index contributed by atoms with van der Waals surface area (Å²) in [5.74, 6) is 1.91. The molecule has 0 saturated heterocycles. The molecule has 0 aliphatic heterocycles. The van der Waals surface area contributed by atoms with E-state index in [-0.39, 0.29) is 18.0 Å². The van der Waals surface area contributed by atoms with Gasteiger partial charge in [0.1, 0.15) is 11.5 Å². The van der Waals surface area contributed by atoms with Crippen molar-refractivity contribution in [2.24, 2.45) is 0 Å². The Bertz CT molecular complexity index is 956. The SMILES string of the molecule is COc1ccc(NC(=O)CC(C)NC(C)c2nnc3ccccn23)c(OC)c1. The molecule has 28 heavy (non-hydrogen) atoms. The lowest BCUT2D eigenvalue weighted by atomic mass is 10.2. The molecule has 0 radical (unpaired) electrons. The fourth-order valence-electron chi connectivity index (χ4n) is 3.10. The van der Waals surface area contributed by atoms with Crippen molar-refractivity contribution in [3.05, 3.63) is 48.4 Å². The van der Waals surface area contributed by atoms with Crippen LogP contribution in [0.1, 0.15) is 32.1 Å². The Morgan fingerprint density at radius 2 is 1.96 bits per heavy atom. The van der Waals surface area contributed by atoms with E-state index < -0.39 is 0 Å². The van der Waals surface area contributed by atoms with E-state index in [0.717, 1.165) is 11.5 Å². The van der Waals surface area contributed by atoms with Gasteiger partial charge in [0.25, 0.3) is 0 Å². The molecule has 3 aromatic rings. The second kappa shape index (κ2) is 8.71. The van der Waals surface area contributed by atoms with Gasteiger partial charge in [-0.1, -0.05) is 6.07 Å². The van der Waals surface area contributed by atoms with Gasteiger partial charge in [-0.3, -0.25) is 9.20 Å². The third kappa shape index (κ3) is 4.40. The Kier molecular flexibility index (Phi) is 6.10. The van der Waals surface area contributed by atoms with Gasteiger partial charge in [0.05, 0.1) is 25.9 Å². The highest BCUT2D eigenvalue weighted by Gasteiger charge is 2.18. The number of nitrogens with zero attached hydrogens (tertiary/aromatic N) is 3. The van der Waals surface area contributed by atoms with Gasteiger partial charge in [-0.25, -0.2) is 0 Å². The van der Waals surface area contributed by atoms with E-state index in [0.29, 0.717) is 23.6 Å². The summed E-state index contributed by atoms with van der Waals surface area (Å²) in [6.45, 7) is 3.97. The fraction of sp³-hybridized carbons (Fsp3) is 0.350. The number of ether oxygens (including phenoxy) is 2. The van der Waals surface area contributed by atoms with Crippen LogP contribution in [-0.4, -0.2) is 40.8 Å². The van der Waals surface area contributed by atoms with Gasteiger partial charge in [-0.2, -0.15) is 0 Å². The zero-order chi connectivity index (χ0) is 20.1. The number of methoxy groups -OCH3 is 2. The normalized spacial score (nSPS) is 13.1. The smallest absolute Gasteiger partial charge is 0.226 e. The van der Waals surface area contributed by atoms with Crippen LogP contribution >= 0.6 is 0 Å². The highest BCUT2D eigenvalue weighted by molar-refractivity contribution is 5.92. The van der Waals surface area contributed by atoms with Gasteiger partial charge >= 0.3 is 0 Å². The lowest BCUT2D eigenvalue weighted by Crippen LogP contribution is -2.33. The van der Waals surface area contributed by atoms with Gasteiger partial charge in [-0.05, 0) is 38.1 Å². The molecule has 1 amide bonds. The minimum absolute atomic E-state index is 0.0595. The number of fused-ring (bicyclic) bond motifs is 1. The molecule has 2 atom stereocenters. The summed E-state index contributed by atoms with van der Waals surface area (Å²) in [5.41, 5.74) is 1.40. The zero-order valence-corrected chi connectivity index (χ0v) is 16.5. The minimum Gasteiger partial charge on any atom is -0.497 e. The molecule has 2 unspecified atom stereocenters. The maximum Gasteiger partial charge on any atom is 0.226 e. The van der Waals surface area contributed by atoms with E-state index in [1.165, 1.54) is 0 Å². The van der Waals surface area contributed by atoms with Crippen molar-refractivity contribution in [2.45, 2.75) is 32.4 Å². The molecule has 8 heteroatoms. The van der Waals surface area contributed by atoms with Crippen molar-refractivity contribution in [2.75, 3.05) is 19.5 Å². The molecule has 2 heterocycles. The Morgan fingerprint density at radius 1 is 1.14 bits per heavy atom. The quantitative estimate of drug-likeness (QED) is 0.622. The van der Waals surface area contributed by atoms with Crippen LogP contribution in [0.2, 0.25) is 0 Å². The van der Waals surface area contributed by atoms with Crippen molar-refractivity contribution in [3.8, 4) is 11.5 Å². The van der Waals surface area contributed by atoms with Gasteiger partial charge in [0.15, 0.2) is 11.5 Å². The number of carbonyl (C=O) groups is 1. The second-order valence-electron chi connectivity index (χ2n) is 6.59. The number of hydrogen-bond acceptors (Lipinski definition) is 6. The molecule has 1 aromatic carbocycles. The van der Waals surface area contributed by atoms with E-state index in [1.54, 1.807) is 32.4 Å². The van der Waals surface area contributed by atoms with Crippen LogP contribution in [0.15, 0.2) is 42.6 Å². The van der Waals surface area contributed by atoms with Crippen LogP contribution in [0.3, 0.4) is 0 Å². The van der Waals surface area contributed by atoms with Crippen molar-refractivity contribution >= 4 is 17.2 Å². The summed E-state index contributed by atoms with van der Waals surface area (Å²) in [5, 5.41) is 14.7. The Balaban J connectivity index is 1.60. The van der Waals surface area contributed by atoms with Crippen LogP contribution in [0.25, 0.3) is 5.65 Å². The number of nitrogens with one attached hydrogen (secondary N) is 2. The number of rotatable bonds is 8. The summed E-state index contributed by atoms with van der Waals surface area (Å²) in [7, 11) is 3.14. The summed E-state index contributed by atoms with van der Waals surface area (Å²) < 4.78 is 12.4. The van der Waals surface area contributed by atoms with E-state index in [2.05, 4.69) is 20.8 Å². The second-order valence-corrected chi connectivity index (χ2v) is 6.59. The molecule has 0 saturated carbocycles. The van der Waals surface area contributed by atoms with Gasteiger partial charge in [0, 0.05) is 24.7 Å². The molecule has 8 nitrogen and oxygen atoms in total. The van der Waals surface area contributed by atoms with E-state index >= 15 is 0 Å². The number of pyridine rings is 1. The Labute approximate surface area is 163 Å². The van der Waals surface area contributed by atoms with Crippen molar-refractivity contribution < 1.29 is 14.3 Å². The first-order valence-electron chi connectivity index (χ1n) is 9.09. The van der Waals surface area contributed by atoms with Gasteiger partial charge in [-0.15, -0.1) is 10.2 Å². The van der Waals surface area contributed by atoms with Crippen LogP contribution in [0, 0.1) is 0 Å². The molecule has 0 fully saturated rings. The van der Waals surface area contributed by atoms with Crippen LogP contribution in [0.4, 0.5) is 5.69 Å². The average Bonchev–Trinajstić information content (AvgIpc) is 3.12. The van der Waals surface area contributed by atoms with Crippen molar-refractivity contribution in [1.29, 1.82) is 0 Å². The number of carbonyl (C=O) groups excluding carboxylic acids is 1. The van der Waals surface area contributed by atoms with Crippen molar-refractivity contribution in [1.82, 2.24) is 19.9 Å². The predicted molar refractivity (Wildman–Crippen MR) is 107 cm³/mol. The lowest BCUT2D eigenvalue weighted by molar-refractivity contribution is -0.116. The molecular formula is C20H25N5O3. The molecule has 3 rings (SSSR count). The van der Waals surface area contributed by atoms with Crippen LogP contribution in [-0.2, 0) is 4.79 Å². The first kappa shape index (κ1) is 19.6. The topological polar surface area (TPSA) is 89.8 Å². The number of aromatic nitrogens is 3. The minimum atomic E-state index is -0.109. The third-order valence-corrected chi connectivity index (χ3v) is 4.44. The van der Waals surface area contributed by atoms with Crippen LogP contribution in [0.5, 0.6) is 11.5 Å². The maximum atomic E-state index is 12.5. The number of anilines is 1. The number of amides is 1. The fourth-order valence-corrected chi connectivity index (χ4v) is 3.10. The Hall–Kier alpha value is -3.13. The van der Waals surface area contributed by atoms with Gasteiger partial charge < -0.3 is 20.1 Å². The highest BCUT2D eigenvalue weighted by atomic mass is 16.5. The standard InChI is InChI=1S/C20H25N5O3/c1-13(21-14(2)20-24-23-18-7-5-6-10-25(18)20)11-19(26)22-16-9-8-15(27-3)12-17(16)28-4/h5-10,12-14,21H,11H2,1-4H3,(H,22,26). The van der Waals surface area contributed by atoms with E-state index in [4.69, 9.17) is 9.47 Å². The zero-order valence-electron chi connectivity index (χ0n) is 16.5. The molecule has 0 spiro atoms. The third-order valence-electron chi connectivity index (χ3n) is 4.44. The van der Waals surface area contributed by atoms with Gasteiger partial charge in [0.2, 0.25) is 5.91 Å². The molecule has 2 aromatic heterocycles. The molecule has 0 aliphatic carbocycles. The first-order chi connectivity index (χ1) is 13.5. The van der Waals surface area contributed by atoms with Crippen molar-refractivity contribution in [3.63, 3.8) is 0 Å². The summed E-state index contributed by atoms with van der Waals surface area (Å²) in [6, 6.07) is 10.9. The van der Waals surface area contributed by atoms with E-state index in [1.807, 2.05) is 42.6 Å². The Morgan fingerprint density at radius 3 is 2.71 bits per heavy atom. The average molecular weight is 383 g/mol. The summed E-state index contributed by atoms with van der Waals surface area (Å²) >= 11 is 0. The molecule has 2 N–H and O–H groups in total. The largest absolute Gasteiger partial charge is 0.497 e. The first-order valence-corrected chi connectivity index (χ1v) is 9.09. The lowest BCUT2D eigenvalue weighted by Gasteiger charge is -2.19. The monoisotopic (exact) mass is 383 g/mol. The molecule has 0 bridgehead atoms. The van der Waals surface area contributed by atoms with Crippen LogP contribution < -0.4 is 20.1 Å². The molecule has 0 aliphatic rings. The predicted octanol–water partition coefficient (Wildman–Crippen LogP) is 2.81.